The number of hydrogen-bond acceptors (Lipinski definition) is 5. The molecule has 0 bridgehead atoms. The van der Waals surface area contributed by atoms with Gasteiger partial charge in [0, 0.05) is 25.6 Å². The van der Waals surface area contributed by atoms with Crippen molar-refractivity contribution in [2.45, 2.75) is 31.8 Å². The Morgan fingerprint density at radius 3 is 2.71 bits per heavy atom. The predicted octanol–water partition coefficient (Wildman–Crippen LogP) is -0.567. The normalized spacial score (nSPS) is 25.4. The van der Waals surface area contributed by atoms with Gasteiger partial charge < -0.3 is 20.1 Å². The van der Waals surface area contributed by atoms with Gasteiger partial charge in [-0.25, -0.2) is 4.79 Å². The topological polar surface area (TPSA) is 76.7 Å². The van der Waals surface area contributed by atoms with Gasteiger partial charge in [-0.3, -0.25) is 4.79 Å². The Hall–Kier alpha value is -1.14. The first-order valence-electron chi connectivity index (χ1n) is 5.64. The largest absolute Gasteiger partial charge is 0.467 e. The van der Waals surface area contributed by atoms with E-state index < -0.39 is 12.0 Å². The molecule has 1 rings (SSSR count). The maximum absolute atomic E-state index is 11.4. The zero-order valence-corrected chi connectivity index (χ0v) is 10.5. The van der Waals surface area contributed by atoms with Gasteiger partial charge in [0.15, 0.2) is 0 Å². The highest BCUT2D eigenvalue weighted by Crippen LogP contribution is 2.17. The molecule has 6 nitrogen and oxygen atoms in total. The maximum atomic E-state index is 11.4. The third kappa shape index (κ3) is 4.32. The van der Waals surface area contributed by atoms with Crippen molar-refractivity contribution in [3.8, 4) is 0 Å². The van der Waals surface area contributed by atoms with Gasteiger partial charge in [-0.2, -0.15) is 0 Å². The van der Waals surface area contributed by atoms with E-state index in [1.807, 2.05) is 6.92 Å². The number of carbonyl (C=O) groups is 2. The number of rotatable bonds is 5. The van der Waals surface area contributed by atoms with Crippen LogP contribution in [-0.2, 0) is 19.1 Å². The number of amides is 1. The van der Waals surface area contributed by atoms with E-state index in [1.54, 1.807) is 0 Å². The van der Waals surface area contributed by atoms with E-state index >= 15 is 0 Å². The first kappa shape index (κ1) is 13.9. The van der Waals surface area contributed by atoms with Gasteiger partial charge in [0.2, 0.25) is 5.91 Å². The first-order valence-corrected chi connectivity index (χ1v) is 5.64. The minimum Gasteiger partial charge on any atom is -0.467 e. The van der Waals surface area contributed by atoms with Crippen LogP contribution in [0.15, 0.2) is 0 Å². The number of nitrogens with one attached hydrogen (secondary N) is 2. The quantitative estimate of drug-likeness (QED) is 0.634. The smallest absolute Gasteiger partial charge is 0.329 e. The third-order valence-electron chi connectivity index (χ3n) is 2.81. The van der Waals surface area contributed by atoms with E-state index in [9.17, 15) is 9.59 Å². The molecule has 1 fully saturated rings. The molecule has 0 saturated carbocycles. The van der Waals surface area contributed by atoms with Crippen molar-refractivity contribution in [3.05, 3.63) is 0 Å². The van der Waals surface area contributed by atoms with E-state index in [2.05, 4.69) is 15.4 Å². The maximum Gasteiger partial charge on any atom is 0.329 e. The molecule has 0 spiro atoms. The standard InChI is InChI=1S/C11H20N2O4/c1-8(14)13-9(10(15)16-3)6-12-11(2)4-5-17-7-11/h9,12H,4-7H2,1-3H3,(H,13,14). The highest BCUT2D eigenvalue weighted by molar-refractivity contribution is 5.83. The van der Waals surface area contributed by atoms with Crippen molar-refractivity contribution in [2.75, 3.05) is 26.9 Å². The van der Waals surface area contributed by atoms with Gasteiger partial charge in [-0.1, -0.05) is 0 Å². The van der Waals surface area contributed by atoms with Crippen molar-refractivity contribution < 1.29 is 19.1 Å². The highest BCUT2D eigenvalue weighted by Gasteiger charge is 2.31. The second kappa shape index (κ2) is 5.97. The molecule has 0 aromatic carbocycles. The van der Waals surface area contributed by atoms with Gasteiger partial charge >= 0.3 is 5.97 Å². The van der Waals surface area contributed by atoms with Gasteiger partial charge in [-0.05, 0) is 13.3 Å². The molecule has 1 saturated heterocycles. The van der Waals surface area contributed by atoms with Gasteiger partial charge in [-0.15, -0.1) is 0 Å². The van der Waals surface area contributed by atoms with Gasteiger partial charge in [0.1, 0.15) is 6.04 Å². The summed E-state index contributed by atoms with van der Waals surface area (Å²) in [4.78, 5) is 22.4. The minimum atomic E-state index is -0.657. The van der Waals surface area contributed by atoms with Crippen molar-refractivity contribution in [2.24, 2.45) is 0 Å². The Kier molecular flexibility index (Phi) is 4.89. The van der Waals surface area contributed by atoms with Crippen LogP contribution in [0.1, 0.15) is 20.3 Å². The minimum absolute atomic E-state index is 0.134. The SMILES string of the molecule is COC(=O)C(CNC1(C)CCOC1)NC(C)=O. The van der Waals surface area contributed by atoms with Crippen molar-refractivity contribution in [1.29, 1.82) is 0 Å². The van der Waals surface area contributed by atoms with Crippen LogP contribution >= 0.6 is 0 Å². The van der Waals surface area contributed by atoms with E-state index in [0.717, 1.165) is 6.42 Å². The fraction of sp³-hybridized carbons (Fsp3) is 0.818. The van der Waals surface area contributed by atoms with Gasteiger partial charge in [0.05, 0.1) is 13.7 Å². The van der Waals surface area contributed by atoms with E-state index in [1.165, 1.54) is 14.0 Å². The Bertz CT molecular complexity index is 287. The average Bonchev–Trinajstić information content (AvgIpc) is 2.70. The molecule has 98 valence electrons. The Morgan fingerprint density at radius 1 is 1.53 bits per heavy atom. The van der Waals surface area contributed by atoms with Gasteiger partial charge in [0.25, 0.3) is 0 Å². The Balaban J connectivity index is 2.48. The van der Waals surface area contributed by atoms with Crippen LogP contribution in [0.25, 0.3) is 0 Å². The first-order chi connectivity index (χ1) is 7.97. The van der Waals surface area contributed by atoms with Crippen molar-refractivity contribution >= 4 is 11.9 Å². The van der Waals surface area contributed by atoms with E-state index in [0.29, 0.717) is 19.8 Å². The molecule has 2 unspecified atom stereocenters. The van der Waals surface area contributed by atoms with Crippen LogP contribution < -0.4 is 10.6 Å². The molecule has 2 atom stereocenters. The lowest BCUT2D eigenvalue weighted by Crippen LogP contribution is -2.53. The number of hydrogen-bond donors (Lipinski definition) is 2. The van der Waals surface area contributed by atoms with Crippen LogP contribution in [0.3, 0.4) is 0 Å². The molecule has 1 aliphatic rings. The number of carbonyl (C=O) groups excluding carboxylic acids is 2. The molecular weight excluding hydrogens is 224 g/mol. The molecule has 1 aliphatic heterocycles. The summed E-state index contributed by atoms with van der Waals surface area (Å²) in [6, 6.07) is -0.657. The average molecular weight is 244 g/mol. The summed E-state index contributed by atoms with van der Waals surface area (Å²) < 4.78 is 9.93. The molecule has 6 heteroatoms. The molecule has 0 aromatic rings. The van der Waals surface area contributed by atoms with Crippen molar-refractivity contribution in [1.82, 2.24) is 10.6 Å². The summed E-state index contributed by atoms with van der Waals surface area (Å²) >= 11 is 0. The molecule has 0 radical (unpaired) electrons. The molecule has 0 aliphatic carbocycles. The molecular formula is C11H20N2O4. The Labute approximate surface area is 101 Å². The lowest BCUT2D eigenvalue weighted by Gasteiger charge is -2.26. The summed E-state index contributed by atoms with van der Waals surface area (Å²) in [7, 11) is 1.30. The highest BCUT2D eigenvalue weighted by atomic mass is 16.5. The fourth-order valence-electron chi connectivity index (χ4n) is 1.74. The summed E-state index contributed by atoms with van der Waals surface area (Å²) in [5.74, 6) is -0.703. The summed E-state index contributed by atoms with van der Waals surface area (Å²) in [5.41, 5.74) is -0.134. The van der Waals surface area contributed by atoms with Crippen LogP contribution in [0.5, 0.6) is 0 Å². The summed E-state index contributed by atoms with van der Waals surface area (Å²) in [6.07, 6.45) is 0.890. The zero-order chi connectivity index (χ0) is 12.9. The molecule has 1 amide bonds. The molecule has 2 N–H and O–H groups in total. The van der Waals surface area contributed by atoms with Crippen LogP contribution in [0.4, 0.5) is 0 Å². The lowest BCUT2D eigenvalue weighted by atomic mass is 10.0. The van der Waals surface area contributed by atoms with Crippen molar-refractivity contribution in [3.63, 3.8) is 0 Å². The molecule has 0 aromatic heterocycles. The third-order valence-corrected chi connectivity index (χ3v) is 2.81. The number of methoxy groups -OCH3 is 1. The second-order valence-corrected chi connectivity index (χ2v) is 4.52. The van der Waals surface area contributed by atoms with Crippen LogP contribution in [-0.4, -0.2) is 50.3 Å². The van der Waals surface area contributed by atoms with E-state index in [4.69, 9.17) is 4.74 Å². The summed E-state index contributed by atoms with van der Waals surface area (Å²) in [6.45, 7) is 5.07. The fourth-order valence-corrected chi connectivity index (χ4v) is 1.74. The number of ether oxygens (including phenoxy) is 2. The second-order valence-electron chi connectivity index (χ2n) is 4.52. The lowest BCUT2D eigenvalue weighted by molar-refractivity contribution is -0.144. The monoisotopic (exact) mass is 244 g/mol. The molecule has 17 heavy (non-hydrogen) atoms. The van der Waals surface area contributed by atoms with Crippen LogP contribution in [0, 0.1) is 0 Å². The van der Waals surface area contributed by atoms with E-state index in [-0.39, 0.29) is 11.4 Å². The molecule has 1 heterocycles. The Morgan fingerprint density at radius 2 is 2.24 bits per heavy atom. The zero-order valence-electron chi connectivity index (χ0n) is 10.5. The summed E-state index contributed by atoms with van der Waals surface area (Å²) in [5, 5.41) is 5.79. The van der Waals surface area contributed by atoms with Crippen LogP contribution in [0.2, 0.25) is 0 Å². The number of esters is 1. The predicted molar refractivity (Wildman–Crippen MR) is 61.5 cm³/mol.